The van der Waals surface area contributed by atoms with E-state index in [2.05, 4.69) is 0 Å². The van der Waals surface area contributed by atoms with E-state index in [-0.39, 0.29) is 17.9 Å². The number of carbonyl (C=O) groups is 1. The highest BCUT2D eigenvalue weighted by molar-refractivity contribution is 5.80. The van der Waals surface area contributed by atoms with Crippen LogP contribution < -0.4 is 15.2 Å². The van der Waals surface area contributed by atoms with E-state index in [1.807, 2.05) is 23.1 Å². The molecule has 0 unspecified atom stereocenters. The quantitative estimate of drug-likeness (QED) is 0.874. The first-order chi connectivity index (χ1) is 11.1. The van der Waals surface area contributed by atoms with Crippen LogP contribution in [0.25, 0.3) is 0 Å². The molecule has 23 heavy (non-hydrogen) atoms. The molecule has 5 heteroatoms. The summed E-state index contributed by atoms with van der Waals surface area (Å²) in [7, 11) is 3.31. The van der Waals surface area contributed by atoms with Crippen LogP contribution in [0.5, 0.6) is 11.5 Å². The van der Waals surface area contributed by atoms with E-state index in [1.54, 1.807) is 14.2 Å². The lowest BCUT2D eigenvalue weighted by molar-refractivity contribution is -0.136. The minimum Gasteiger partial charge on any atom is -0.497 e. The van der Waals surface area contributed by atoms with Gasteiger partial charge in [0, 0.05) is 30.1 Å². The summed E-state index contributed by atoms with van der Waals surface area (Å²) in [6, 6.07) is 6.28. The number of nitrogens with two attached hydrogens (primary N) is 1. The Labute approximate surface area is 137 Å². The molecule has 2 atom stereocenters. The maximum atomic E-state index is 12.9. The van der Waals surface area contributed by atoms with E-state index in [4.69, 9.17) is 15.2 Å². The Morgan fingerprint density at radius 3 is 2.57 bits per heavy atom. The first-order valence-electron chi connectivity index (χ1n) is 8.39. The van der Waals surface area contributed by atoms with Gasteiger partial charge in [0.2, 0.25) is 5.91 Å². The standard InChI is InChI=1S/C18H26N2O3/c1-22-16-7-8-17(23-2)13(10-16)11-20(15-5-6-15)18(21)12-3-4-14(19)9-12/h7-8,10,12,14-15H,3-6,9,11,19H2,1-2H3/t12-,14+/m0/s1. The van der Waals surface area contributed by atoms with Crippen molar-refractivity contribution in [2.75, 3.05) is 14.2 Å². The van der Waals surface area contributed by atoms with Gasteiger partial charge in [0.15, 0.2) is 0 Å². The van der Waals surface area contributed by atoms with Gasteiger partial charge in [-0.15, -0.1) is 0 Å². The summed E-state index contributed by atoms with van der Waals surface area (Å²) in [5.74, 6) is 1.92. The average molecular weight is 318 g/mol. The van der Waals surface area contributed by atoms with E-state index < -0.39 is 0 Å². The van der Waals surface area contributed by atoms with Crippen LogP contribution in [-0.4, -0.2) is 37.1 Å². The lowest BCUT2D eigenvalue weighted by Crippen LogP contribution is -2.37. The number of benzene rings is 1. The van der Waals surface area contributed by atoms with Crippen molar-refractivity contribution in [3.05, 3.63) is 23.8 Å². The first-order valence-corrected chi connectivity index (χ1v) is 8.39. The molecule has 2 aliphatic carbocycles. The van der Waals surface area contributed by atoms with Crippen molar-refractivity contribution in [2.24, 2.45) is 11.7 Å². The van der Waals surface area contributed by atoms with Gasteiger partial charge < -0.3 is 20.1 Å². The Bertz CT molecular complexity index is 571. The minimum absolute atomic E-state index is 0.0854. The summed E-state index contributed by atoms with van der Waals surface area (Å²) in [4.78, 5) is 15.0. The summed E-state index contributed by atoms with van der Waals surface area (Å²) < 4.78 is 10.8. The largest absolute Gasteiger partial charge is 0.497 e. The number of amides is 1. The molecule has 0 heterocycles. The second-order valence-electron chi connectivity index (χ2n) is 6.65. The third-order valence-electron chi connectivity index (χ3n) is 4.92. The number of ether oxygens (including phenoxy) is 2. The molecule has 0 spiro atoms. The maximum absolute atomic E-state index is 12.9. The fourth-order valence-electron chi connectivity index (χ4n) is 3.44. The molecule has 1 aromatic rings. The van der Waals surface area contributed by atoms with Crippen LogP contribution in [0.4, 0.5) is 0 Å². The maximum Gasteiger partial charge on any atom is 0.226 e. The van der Waals surface area contributed by atoms with Crippen molar-refractivity contribution in [3.8, 4) is 11.5 Å². The minimum atomic E-state index is 0.0854. The molecule has 0 aliphatic heterocycles. The highest BCUT2D eigenvalue weighted by Crippen LogP contribution is 2.35. The van der Waals surface area contributed by atoms with E-state index >= 15 is 0 Å². The summed E-state index contributed by atoms with van der Waals surface area (Å²) in [6.07, 6.45) is 4.88. The predicted octanol–water partition coefficient (Wildman–Crippen LogP) is 2.32. The summed E-state index contributed by atoms with van der Waals surface area (Å²) >= 11 is 0. The molecule has 2 N–H and O–H groups in total. The van der Waals surface area contributed by atoms with Gasteiger partial charge in [-0.25, -0.2) is 0 Å². The van der Waals surface area contributed by atoms with Crippen LogP contribution in [-0.2, 0) is 11.3 Å². The van der Waals surface area contributed by atoms with E-state index in [0.717, 1.165) is 49.2 Å². The number of methoxy groups -OCH3 is 2. The van der Waals surface area contributed by atoms with Crippen LogP contribution in [0.15, 0.2) is 18.2 Å². The Hall–Kier alpha value is -1.75. The highest BCUT2D eigenvalue weighted by Gasteiger charge is 2.38. The third-order valence-corrected chi connectivity index (χ3v) is 4.92. The van der Waals surface area contributed by atoms with E-state index in [9.17, 15) is 4.79 Å². The lowest BCUT2D eigenvalue weighted by Gasteiger charge is -2.26. The molecule has 0 saturated heterocycles. The smallest absolute Gasteiger partial charge is 0.226 e. The van der Waals surface area contributed by atoms with Crippen LogP contribution in [0.3, 0.4) is 0 Å². The van der Waals surface area contributed by atoms with Gasteiger partial charge in [-0.3, -0.25) is 4.79 Å². The number of hydrogen-bond donors (Lipinski definition) is 1. The van der Waals surface area contributed by atoms with Gasteiger partial charge in [0.05, 0.1) is 14.2 Å². The van der Waals surface area contributed by atoms with Crippen molar-refractivity contribution >= 4 is 5.91 Å². The molecular formula is C18H26N2O3. The van der Waals surface area contributed by atoms with Gasteiger partial charge in [0.25, 0.3) is 0 Å². The fraction of sp³-hybridized carbons (Fsp3) is 0.611. The monoisotopic (exact) mass is 318 g/mol. The van der Waals surface area contributed by atoms with Crippen molar-refractivity contribution < 1.29 is 14.3 Å². The van der Waals surface area contributed by atoms with E-state index in [0.29, 0.717) is 12.6 Å². The zero-order valence-electron chi connectivity index (χ0n) is 14.0. The number of hydrogen-bond acceptors (Lipinski definition) is 4. The summed E-state index contributed by atoms with van der Waals surface area (Å²) in [5.41, 5.74) is 6.98. The second-order valence-corrected chi connectivity index (χ2v) is 6.65. The van der Waals surface area contributed by atoms with Crippen molar-refractivity contribution in [3.63, 3.8) is 0 Å². The summed E-state index contributed by atoms with van der Waals surface area (Å²) in [5, 5.41) is 0. The number of nitrogens with zero attached hydrogens (tertiary/aromatic N) is 1. The van der Waals surface area contributed by atoms with Crippen LogP contribution >= 0.6 is 0 Å². The van der Waals surface area contributed by atoms with E-state index in [1.165, 1.54) is 0 Å². The molecule has 0 aromatic heterocycles. The topological polar surface area (TPSA) is 64.8 Å². The SMILES string of the molecule is COc1ccc(OC)c(CN(C(=O)[C@H]2CC[C@@H](N)C2)C2CC2)c1. The molecule has 3 rings (SSSR count). The van der Waals surface area contributed by atoms with Crippen molar-refractivity contribution in [1.29, 1.82) is 0 Å². The van der Waals surface area contributed by atoms with Crippen LogP contribution in [0.2, 0.25) is 0 Å². The fourth-order valence-corrected chi connectivity index (χ4v) is 3.44. The molecule has 2 aliphatic rings. The Kier molecular flexibility index (Phi) is 4.76. The van der Waals surface area contributed by atoms with Gasteiger partial charge in [0.1, 0.15) is 11.5 Å². The third kappa shape index (κ3) is 3.61. The molecule has 5 nitrogen and oxygen atoms in total. The normalized spacial score (nSPS) is 23.6. The van der Waals surface area contributed by atoms with Crippen molar-refractivity contribution in [2.45, 2.75) is 50.7 Å². The molecule has 2 saturated carbocycles. The van der Waals surface area contributed by atoms with Crippen LogP contribution in [0.1, 0.15) is 37.7 Å². The Morgan fingerprint density at radius 2 is 2.00 bits per heavy atom. The lowest BCUT2D eigenvalue weighted by atomic mass is 10.0. The Morgan fingerprint density at radius 1 is 1.22 bits per heavy atom. The van der Waals surface area contributed by atoms with Gasteiger partial charge in [-0.2, -0.15) is 0 Å². The molecule has 1 aromatic carbocycles. The molecule has 0 bridgehead atoms. The van der Waals surface area contributed by atoms with Gasteiger partial charge in [-0.05, 0) is 50.3 Å². The zero-order valence-corrected chi connectivity index (χ0v) is 14.0. The predicted molar refractivity (Wildman–Crippen MR) is 88.4 cm³/mol. The number of carbonyl (C=O) groups excluding carboxylic acids is 1. The zero-order chi connectivity index (χ0) is 16.4. The molecular weight excluding hydrogens is 292 g/mol. The van der Waals surface area contributed by atoms with Gasteiger partial charge in [-0.1, -0.05) is 0 Å². The molecule has 126 valence electrons. The van der Waals surface area contributed by atoms with Gasteiger partial charge >= 0.3 is 0 Å². The Balaban J connectivity index is 1.78. The molecule has 1 amide bonds. The average Bonchev–Trinajstić information content (AvgIpc) is 3.32. The highest BCUT2D eigenvalue weighted by atomic mass is 16.5. The van der Waals surface area contributed by atoms with Crippen molar-refractivity contribution in [1.82, 2.24) is 4.90 Å². The first kappa shape index (κ1) is 16.1. The molecule has 2 fully saturated rings. The van der Waals surface area contributed by atoms with Crippen LogP contribution in [0, 0.1) is 5.92 Å². The second kappa shape index (κ2) is 6.79. The summed E-state index contributed by atoms with van der Waals surface area (Å²) in [6.45, 7) is 0.579. The number of rotatable bonds is 6. The molecule has 0 radical (unpaired) electrons.